The molecule has 1 atom stereocenters. The predicted octanol–water partition coefficient (Wildman–Crippen LogP) is 1.56. The summed E-state index contributed by atoms with van der Waals surface area (Å²) in [7, 11) is 0. The molecule has 0 amide bonds. The van der Waals surface area contributed by atoms with Crippen molar-refractivity contribution in [2.24, 2.45) is 0 Å². The van der Waals surface area contributed by atoms with Crippen LogP contribution in [0.25, 0.3) is 0 Å². The van der Waals surface area contributed by atoms with E-state index in [9.17, 15) is 0 Å². The zero-order chi connectivity index (χ0) is 15.2. The van der Waals surface area contributed by atoms with Crippen LogP contribution in [0.4, 0.5) is 5.69 Å². The molecule has 3 heterocycles. The fraction of sp³-hybridized carbons (Fsp3) is 0.438. The van der Waals surface area contributed by atoms with Crippen LogP contribution < -0.4 is 10.2 Å². The maximum Gasteiger partial charge on any atom is 0.144 e. The summed E-state index contributed by atoms with van der Waals surface area (Å²) >= 11 is 0. The van der Waals surface area contributed by atoms with Crippen molar-refractivity contribution in [3.8, 4) is 0 Å². The van der Waals surface area contributed by atoms with E-state index < -0.39 is 0 Å². The van der Waals surface area contributed by atoms with Gasteiger partial charge in [-0.05, 0) is 25.1 Å². The molecule has 1 saturated heterocycles. The zero-order valence-electron chi connectivity index (χ0n) is 12.8. The molecule has 1 aliphatic heterocycles. The van der Waals surface area contributed by atoms with Crippen molar-refractivity contribution < 1.29 is 4.74 Å². The lowest BCUT2D eigenvalue weighted by molar-refractivity contribution is 0.122. The number of hydrogen-bond acceptors (Lipinski definition) is 6. The van der Waals surface area contributed by atoms with Crippen LogP contribution in [0.15, 0.2) is 36.8 Å². The highest BCUT2D eigenvalue weighted by molar-refractivity contribution is 5.44. The van der Waals surface area contributed by atoms with Crippen LogP contribution in [0.5, 0.6) is 0 Å². The SMILES string of the molecule is CC(NCc1ccc(N2CCOCC2)cn1)c1ncccn1. The summed E-state index contributed by atoms with van der Waals surface area (Å²) in [6.07, 6.45) is 5.46. The molecule has 2 aromatic rings. The minimum Gasteiger partial charge on any atom is -0.378 e. The lowest BCUT2D eigenvalue weighted by Gasteiger charge is -2.28. The molecule has 0 aromatic carbocycles. The summed E-state index contributed by atoms with van der Waals surface area (Å²) < 4.78 is 5.37. The van der Waals surface area contributed by atoms with E-state index in [1.165, 1.54) is 0 Å². The Morgan fingerprint density at radius 3 is 2.64 bits per heavy atom. The van der Waals surface area contributed by atoms with Crippen molar-refractivity contribution in [3.63, 3.8) is 0 Å². The van der Waals surface area contributed by atoms with E-state index in [0.29, 0.717) is 6.54 Å². The smallest absolute Gasteiger partial charge is 0.144 e. The van der Waals surface area contributed by atoms with E-state index in [0.717, 1.165) is 43.5 Å². The molecule has 22 heavy (non-hydrogen) atoms. The van der Waals surface area contributed by atoms with Crippen LogP contribution in [0, 0.1) is 0 Å². The van der Waals surface area contributed by atoms with Gasteiger partial charge in [-0.25, -0.2) is 9.97 Å². The first-order valence-corrected chi connectivity index (χ1v) is 7.61. The van der Waals surface area contributed by atoms with E-state index in [1.807, 2.05) is 12.3 Å². The van der Waals surface area contributed by atoms with Gasteiger partial charge in [0.15, 0.2) is 0 Å². The number of aromatic nitrogens is 3. The summed E-state index contributed by atoms with van der Waals surface area (Å²) in [5.41, 5.74) is 2.17. The first kappa shape index (κ1) is 14.9. The number of ether oxygens (including phenoxy) is 1. The molecule has 0 aliphatic carbocycles. The standard InChI is InChI=1S/C16H21N5O/c1-13(16-17-5-2-6-18-16)19-11-14-3-4-15(12-20-14)21-7-9-22-10-8-21/h2-6,12-13,19H,7-11H2,1H3. The summed E-state index contributed by atoms with van der Waals surface area (Å²) in [5, 5.41) is 3.39. The van der Waals surface area contributed by atoms with E-state index in [2.05, 4.69) is 44.2 Å². The molecule has 1 fully saturated rings. The fourth-order valence-corrected chi connectivity index (χ4v) is 2.41. The summed E-state index contributed by atoms with van der Waals surface area (Å²) in [6, 6.07) is 6.11. The molecule has 0 bridgehead atoms. The molecule has 1 N–H and O–H groups in total. The van der Waals surface area contributed by atoms with Crippen molar-refractivity contribution in [1.82, 2.24) is 20.3 Å². The lowest BCUT2D eigenvalue weighted by Crippen LogP contribution is -2.36. The highest BCUT2D eigenvalue weighted by Gasteiger charge is 2.12. The Bertz CT molecular complexity index is 569. The van der Waals surface area contributed by atoms with Crippen LogP contribution in [-0.2, 0) is 11.3 Å². The Labute approximate surface area is 130 Å². The second-order valence-electron chi connectivity index (χ2n) is 5.32. The zero-order valence-corrected chi connectivity index (χ0v) is 12.8. The minimum absolute atomic E-state index is 0.0990. The molecular weight excluding hydrogens is 278 g/mol. The molecule has 0 spiro atoms. The number of nitrogens with zero attached hydrogens (tertiary/aromatic N) is 4. The average Bonchev–Trinajstić information content (AvgIpc) is 2.61. The largest absolute Gasteiger partial charge is 0.378 e. The molecular formula is C16H21N5O. The van der Waals surface area contributed by atoms with Crippen LogP contribution in [0.1, 0.15) is 24.5 Å². The normalized spacial score (nSPS) is 16.5. The van der Waals surface area contributed by atoms with Gasteiger partial charge in [0.1, 0.15) is 5.82 Å². The predicted molar refractivity (Wildman–Crippen MR) is 84.6 cm³/mol. The first-order valence-electron chi connectivity index (χ1n) is 7.61. The Kier molecular flexibility index (Phi) is 4.92. The maximum atomic E-state index is 5.37. The number of anilines is 1. The number of pyridine rings is 1. The molecule has 2 aromatic heterocycles. The van der Waals surface area contributed by atoms with E-state index >= 15 is 0 Å². The minimum atomic E-state index is 0.0990. The summed E-state index contributed by atoms with van der Waals surface area (Å²) in [4.78, 5) is 15.3. The number of rotatable bonds is 5. The summed E-state index contributed by atoms with van der Waals surface area (Å²) in [5.74, 6) is 0.799. The van der Waals surface area contributed by atoms with Crippen LogP contribution in [0.3, 0.4) is 0 Å². The molecule has 6 heteroatoms. The van der Waals surface area contributed by atoms with E-state index in [4.69, 9.17) is 4.74 Å². The Morgan fingerprint density at radius 2 is 1.95 bits per heavy atom. The number of hydrogen-bond donors (Lipinski definition) is 1. The van der Waals surface area contributed by atoms with Crippen molar-refractivity contribution in [1.29, 1.82) is 0 Å². The highest BCUT2D eigenvalue weighted by atomic mass is 16.5. The van der Waals surface area contributed by atoms with Gasteiger partial charge in [0.05, 0.1) is 36.8 Å². The Balaban J connectivity index is 1.55. The second-order valence-corrected chi connectivity index (χ2v) is 5.32. The third-order valence-electron chi connectivity index (χ3n) is 3.75. The van der Waals surface area contributed by atoms with Crippen molar-refractivity contribution in [3.05, 3.63) is 48.3 Å². The van der Waals surface area contributed by atoms with Gasteiger partial charge in [0.25, 0.3) is 0 Å². The van der Waals surface area contributed by atoms with Crippen LogP contribution in [-0.4, -0.2) is 41.3 Å². The molecule has 116 valence electrons. The molecule has 6 nitrogen and oxygen atoms in total. The average molecular weight is 299 g/mol. The first-order chi connectivity index (χ1) is 10.8. The lowest BCUT2D eigenvalue weighted by atomic mass is 10.2. The Morgan fingerprint density at radius 1 is 1.18 bits per heavy atom. The molecule has 0 radical (unpaired) electrons. The van der Waals surface area contributed by atoms with Crippen molar-refractivity contribution in [2.75, 3.05) is 31.2 Å². The maximum absolute atomic E-state index is 5.37. The van der Waals surface area contributed by atoms with Crippen LogP contribution >= 0.6 is 0 Å². The summed E-state index contributed by atoms with van der Waals surface area (Å²) in [6.45, 7) is 6.19. The van der Waals surface area contributed by atoms with Gasteiger partial charge in [-0.2, -0.15) is 0 Å². The van der Waals surface area contributed by atoms with Gasteiger partial charge < -0.3 is 15.0 Å². The van der Waals surface area contributed by atoms with Gasteiger partial charge in [-0.15, -0.1) is 0 Å². The third kappa shape index (κ3) is 3.78. The quantitative estimate of drug-likeness (QED) is 0.904. The van der Waals surface area contributed by atoms with Gasteiger partial charge in [0.2, 0.25) is 0 Å². The molecule has 3 rings (SSSR count). The number of morpholine rings is 1. The highest BCUT2D eigenvalue weighted by Crippen LogP contribution is 2.15. The number of nitrogens with one attached hydrogen (secondary N) is 1. The van der Waals surface area contributed by atoms with Crippen LogP contribution in [0.2, 0.25) is 0 Å². The fourth-order valence-electron chi connectivity index (χ4n) is 2.41. The molecule has 1 aliphatic rings. The van der Waals surface area contributed by atoms with Gasteiger partial charge in [-0.1, -0.05) is 0 Å². The van der Waals surface area contributed by atoms with Gasteiger partial charge >= 0.3 is 0 Å². The van der Waals surface area contributed by atoms with Crippen molar-refractivity contribution in [2.45, 2.75) is 19.5 Å². The van der Waals surface area contributed by atoms with Gasteiger partial charge in [-0.3, -0.25) is 4.98 Å². The third-order valence-corrected chi connectivity index (χ3v) is 3.75. The topological polar surface area (TPSA) is 63.2 Å². The monoisotopic (exact) mass is 299 g/mol. The van der Waals surface area contributed by atoms with Gasteiger partial charge in [0, 0.05) is 32.0 Å². The molecule has 0 saturated carbocycles. The second kappa shape index (κ2) is 7.29. The van der Waals surface area contributed by atoms with E-state index in [-0.39, 0.29) is 6.04 Å². The molecule has 1 unspecified atom stereocenters. The Hall–Kier alpha value is -2.05. The van der Waals surface area contributed by atoms with Crippen molar-refractivity contribution >= 4 is 5.69 Å². The van der Waals surface area contributed by atoms with E-state index in [1.54, 1.807) is 12.4 Å².